The Labute approximate surface area is 102 Å². The number of carbonyl (C=O) groups excluding carboxylic acids is 1. The summed E-state index contributed by atoms with van der Waals surface area (Å²) in [5, 5.41) is 2.86. The van der Waals surface area contributed by atoms with Crippen LogP contribution in [0.3, 0.4) is 0 Å². The second-order valence-electron chi connectivity index (χ2n) is 4.30. The van der Waals surface area contributed by atoms with Crippen LogP contribution in [-0.4, -0.2) is 19.1 Å². The van der Waals surface area contributed by atoms with Gasteiger partial charge < -0.3 is 15.8 Å². The standard InChI is InChI=1S/C13H20N2O2/c1-9(2)15-13(16)7-5-10-4-6-12(17-3)11(14)8-10/h4,6,8-9H,5,7,14H2,1-3H3,(H,15,16). The van der Waals surface area contributed by atoms with Gasteiger partial charge in [-0.25, -0.2) is 0 Å². The van der Waals surface area contributed by atoms with Gasteiger partial charge in [0.15, 0.2) is 0 Å². The molecular formula is C13H20N2O2. The summed E-state index contributed by atoms with van der Waals surface area (Å²) in [6.07, 6.45) is 1.16. The molecule has 0 fully saturated rings. The predicted octanol–water partition coefficient (Wildman–Crippen LogP) is 1.73. The number of rotatable bonds is 5. The van der Waals surface area contributed by atoms with Gasteiger partial charge in [-0.15, -0.1) is 0 Å². The highest BCUT2D eigenvalue weighted by molar-refractivity contribution is 5.76. The molecule has 0 radical (unpaired) electrons. The minimum atomic E-state index is 0.0642. The van der Waals surface area contributed by atoms with Crippen molar-refractivity contribution >= 4 is 11.6 Å². The molecule has 0 aliphatic rings. The summed E-state index contributed by atoms with van der Waals surface area (Å²) < 4.78 is 5.07. The molecule has 0 aliphatic heterocycles. The minimum absolute atomic E-state index is 0.0642. The summed E-state index contributed by atoms with van der Waals surface area (Å²) in [5.74, 6) is 0.731. The van der Waals surface area contributed by atoms with Crippen LogP contribution in [0.5, 0.6) is 5.75 Å². The zero-order chi connectivity index (χ0) is 12.8. The number of benzene rings is 1. The molecule has 0 aliphatic carbocycles. The highest BCUT2D eigenvalue weighted by Gasteiger charge is 2.05. The molecule has 0 heterocycles. The average Bonchev–Trinajstić information content (AvgIpc) is 2.25. The SMILES string of the molecule is COc1ccc(CCC(=O)NC(C)C)cc1N. The van der Waals surface area contributed by atoms with E-state index in [-0.39, 0.29) is 11.9 Å². The van der Waals surface area contributed by atoms with Crippen LogP contribution in [-0.2, 0) is 11.2 Å². The third kappa shape index (κ3) is 4.34. The van der Waals surface area contributed by atoms with E-state index in [4.69, 9.17) is 10.5 Å². The highest BCUT2D eigenvalue weighted by Crippen LogP contribution is 2.22. The topological polar surface area (TPSA) is 64.3 Å². The zero-order valence-electron chi connectivity index (χ0n) is 10.6. The number of nitrogens with one attached hydrogen (secondary N) is 1. The van der Waals surface area contributed by atoms with Crippen molar-refractivity contribution in [3.05, 3.63) is 23.8 Å². The van der Waals surface area contributed by atoms with Gasteiger partial charge >= 0.3 is 0 Å². The van der Waals surface area contributed by atoms with E-state index in [9.17, 15) is 4.79 Å². The van der Waals surface area contributed by atoms with Crippen molar-refractivity contribution in [2.45, 2.75) is 32.7 Å². The van der Waals surface area contributed by atoms with Crippen LogP contribution in [0.2, 0.25) is 0 Å². The molecule has 0 bridgehead atoms. The fourth-order valence-corrected chi connectivity index (χ4v) is 1.59. The van der Waals surface area contributed by atoms with Crippen molar-refractivity contribution in [3.8, 4) is 5.75 Å². The van der Waals surface area contributed by atoms with E-state index in [1.807, 2.05) is 32.0 Å². The molecule has 1 rings (SSSR count). The Morgan fingerprint density at radius 2 is 2.18 bits per heavy atom. The van der Waals surface area contributed by atoms with Crippen molar-refractivity contribution in [2.75, 3.05) is 12.8 Å². The molecule has 3 N–H and O–H groups in total. The number of aryl methyl sites for hydroxylation is 1. The van der Waals surface area contributed by atoms with Gasteiger partial charge in [0.1, 0.15) is 5.75 Å². The molecule has 1 aromatic carbocycles. The number of hydrogen-bond donors (Lipinski definition) is 2. The second-order valence-corrected chi connectivity index (χ2v) is 4.30. The quantitative estimate of drug-likeness (QED) is 0.765. The third-order valence-corrected chi connectivity index (χ3v) is 2.38. The first kappa shape index (κ1) is 13.4. The first-order valence-corrected chi connectivity index (χ1v) is 5.74. The van der Waals surface area contributed by atoms with Gasteiger partial charge in [-0.05, 0) is 38.0 Å². The molecular weight excluding hydrogens is 216 g/mol. The first-order valence-electron chi connectivity index (χ1n) is 5.74. The Balaban J connectivity index is 2.52. The van der Waals surface area contributed by atoms with E-state index in [0.717, 1.165) is 5.56 Å². The molecule has 0 spiro atoms. The predicted molar refractivity (Wildman–Crippen MR) is 69.0 cm³/mol. The smallest absolute Gasteiger partial charge is 0.220 e. The fourth-order valence-electron chi connectivity index (χ4n) is 1.59. The molecule has 17 heavy (non-hydrogen) atoms. The molecule has 0 unspecified atom stereocenters. The van der Waals surface area contributed by atoms with Crippen LogP contribution in [0, 0.1) is 0 Å². The van der Waals surface area contributed by atoms with Crippen molar-refractivity contribution < 1.29 is 9.53 Å². The van der Waals surface area contributed by atoms with E-state index >= 15 is 0 Å². The number of methoxy groups -OCH3 is 1. The molecule has 4 nitrogen and oxygen atoms in total. The number of nitrogen functional groups attached to an aromatic ring is 1. The summed E-state index contributed by atoms with van der Waals surface area (Å²) in [4.78, 5) is 11.5. The monoisotopic (exact) mass is 236 g/mol. The lowest BCUT2D eigenvalue weighted by atomic mass is 10.1. The summed E-state index contributed by atoms with van der Waals surface area (Å²) in [7, 11) is 1.58. The zero-order valence-corrected chi connectivity index (χ0v) is 10.6. The number of hydrogen-bond acceptors (Lipinski definition) is 3. The normalized spacial score (nSPS) is 10.4. The van der Waals surface area contributed by atoms with Gasteiger partial charge in [0.05, 0.1) is 12.8 Å². The van der Waals surface area contributed by atoms with Crippen LogP contribution in [0.1, 0.15) is 25.8 Å². The number of anilines is 1. The summed E-state index contributed by atoms with van der Waals surface area (Å²) in [5.41, 5.74) is 7.44. The maximum Gasteiger partial charge on any atom is 0.220 e. The number of nitrogens with two attached hydrogens (primary N) is 1. The fraction of sp³-hybridized carbons (Fsp3) is 0.462. The Kier molecular flexibility index (Phi) is 4.82. The minimum Gasteiger partial charge on any atom is -0.495 e. The Bertz CT molecular complexity index is 389. The lowest BCUT2D eigenvalue weighted by Crippen LogP contribution is -2.30. The molecule has 1 amide bonds. The van der Waals surface area contributed by atoms with Gasteiger partial charge in [0.25, 0.3) is 0 Å². The maximum atomic E-state index is 11.5. The summed E-state index contributed by atoms with van der Waals surface area (Å²) in [6.45, 7) is 3.90. The summed E-state index contributed by atoms with van der Waals surface area (Å²) >= 11 is 0. The van der Waals surface area contributed by atoms with Crippen LogP contribution >= 0.6 is 0 Å². The van der Waals surface area contributed by atoms with E-state index < -0.39 is 0 Å². The van der Waals surface area contributed by atoms with Crippen LogP contribution < -0.4 is 15.8 Å². The molecule has 0 saturated heterocycles. The number of ether oxygens (including phenoxy) is 1. The third-order valence-electron chi connectivity index (χ3n) is 2.38. The van der Waals surface area contributed by atoms with E-state index in [1.165, 1.54) is 0 Å². The molecule has 0 saturated carbocycles. The van der Waals surface area contributed by atoms with Gasteiger partial charge in [0, 0.05) is 12.5 Å². The van der Waals surface area contributed by atoms with Crippen LogP contribution in [0.25, 0.3) is 0 Å². The first-order chi connectivity index (χ1) is 8.02. The maximum absolute atomic E-state index is 11.5. The molecule has 0 aromatic heterocycles. The molecule has 1 aromatic rings. The molecule has 4 heteroatoms. The number of amides is 1. The van der Waals surface area contributed by atoms with Crippen molar-refractivity contribution in [1.29, 1.82) is 0 Å². The van der Waals surface area contributed by atoms with Crippen molar-refractivity contribution in [3.63, 3.8) is 0 Å². The van der Waals surface area contributed by atoms with E-state index in [1.54, 1.807) is 7.11 Å². The van der Waals surface area contributed by atoms with Gasteiger partial charge in [0.2, 0.25) is 5.91 Å². The van der Waals surface area contributed by atoms with Crippen LogP contribution in [0.15, 0.2) is 18.2 Å². The van der Waals surface area contributed by atoms with Crippen molar-refractivity contribution in [2.24, 2.45) is 0 Å². The molecule has 94 valence electrons. The van der Waals surface area contributed by atoms with Crippen LogP contribution in [0.4, 0.5) is 5.69 Å². The van der Waals surface area contributed by atoms with E-state index in [0.29, 0.717) is 24.3 Å². The Hall–Kier alpha value is -1.71. The average molecular weight is 236 g/mol. The number of carbonyl (C=O) groups is 1. The van der Waals surface area contributed by atoms with Gasteiger partial charge in [-0.2, -0.15) is 0 Å². The lowest BCUT2D eigenvalue weighted by Gasteiger charge is -2.09. The Morgan fingerprint density at radius 1 is 1.47 bits per heavy atom. The largest absolute Gasteiger partial charge is 0.495 e. The van der Waals surface area contributed by atoms with Crippen molar-refractivity contribution in [1.82, 2.24) is 5.32 Å². The highest BCUT2D eigenvalue weighted by atomic mass is 16.5. The van der Waals surface area contributed by atoms with Gasteiger partial charge in [-0.3, -0.25) is 4.79 Å². The van der Waals surface area contributed by atoms with E-state index in [2.05, 4.69) is 5.32 Å². The molecule has 0 atom stereocenters. The lowest BCUT2D eigenvalue weighted by molar-refractivity contribution is -0.121. The summed E-state index contributed by atoms with van der Waals surface area (Å²) in [6, 6.07) is 5.79. The second kappa shape index (κ2) is 6.13. The Morgan fingerprint density at radius 3 is 2.71 bits per heavy atom. The van der Waals surface area contributed by atoms with Gasteiger partial charge in [-0.1, -0.05) is 6.07 Å².